The molecule has 16 heavy (non-hydrogen) atoms. The van der Waals surface area contributed by atoms with Gasteiger partial charge in [0, 0.05) is 5.92 Å². The zero-order chi connectivity index (χ0) is 11.4. The van der Waals surface area contributed by atoms with Crippen LogP contribution in [0.15, 0.2) is 42.5 Å². The van der Waals surface area contributed by atoms with Crippen LogP contribution < -0.4 is 0 Å². The number of rotatable bonds is 4. The third kappa shape index (κ3) is 2.71. The lowest BCUT2D eigenvalue weighted by atomic mass is 9.97. The average Bonchev–Trinajstić information content (AvgIpc) is 2.62. The second-order valence-electron chi connectivity index (χ2n) is 4.40. The monoisotopic (exact) mass is 218 g/mol. The van der Waals surface area contributed by atoms with Gasteiger partial charge in [-0.05, 0) is 11.5 Å². The third-order valence-corrected chi connectivity index (χ3v) is 3.15. The summed E-state index contributed by atoms with van der Waals surface area (Å²) in [4.78, 5) is 0. The van der Waals surface area contributed by atoms with Crippen LogP contribution in [0.25, 0.3) is 0 Å². The fourth-order valence-corrected chi connectivity index (χ4v) is 2.02. The first-order chi connectivity index (χ1) is 7.77. The van der Waals surface area contributed by atoms with E-state index in [1.54, 1.807) is 0 Å². The molecule has 0 heterocycles. The maximum Gasteiger partial charge on any atom is 0.0776 e. The van der Waals surface area contributed by atoms with E-state index in [1.807, 2.05) is 36.4 Å². The highest BCUT2D eigenvalue weighted by Gasteiger charge is 2.27. The van der Waals surface area contributed by atoms with Crippen molar-refractivity contribution in [1.29, 1.82) is 0 Å². The quantitative estimate of drug-likeness (QED) is 0.786. The summed E-state index contributed by atoms with van der Waals surface area (Å²) in [6.07, 6.45) is 3.58. The van der Waals surface area contributed by atoms with Gasteiger partial charge < -0.3 is 9.84 Å². The second kappa shape index (κ2) is 5.28. The highest BCUT2D eigenvalue weighted by atomic mass is 16.5. The molecule has 1 aliphatic rings. The Bertz CT molecular complexity index is 333. The van der Waals surface area contributed by atoms with Crippen molar-refractivity contribution in [1.82, 2.24) is 0 Å². The fraction of sp³-hybridized carbons (Fsp3) is 0.429. The van der Waals surface area contributed by atoms with Crippen LogP contribution in [0.2, 0.25) is 0 Å². The average molecular weight is 218 g/mol. The molecule has 2 heteroatoms. The molecule has 1 aromatic rings. The van der Waals surface area contributed by atoms with E-state index in [0.29, 0.717) is 19.1 Å². The highest BCUT2D eigenvalue weighted by molar-refractivity contribution is 5.13. The van der Waals surface area contributed by atoms with Crippen molar-refractivity contribution in [3.05, 3.63) is 48.0 Å². The molecule has 3 atom stereocenters. The summed E-state index contributed by atoms with van der Waals surface area (Å²) in [6, 6.07) is 10.1. The number of allylic oxidation sites excluding steroid dienone is 1. The molecule has 1 aliphatic carbocycles. The van der Waals surface area contributed by atoms with Gasteiger partial charge in [-0.1, -0.05) is 49.4 Å². The molecular formula is C14H18O2. The summed E-state index contributed by atoms with van der Waals surface area (Å²) < 4.78 is 5.64. The Balaban J connectivity index is 1.76. The van der Waals surface area contributed by atoms with E-state index in [4.69, 9.17) is 4.74 Å². The van der Waals surface area contributed by atoms with Crippen LogP contribution in [0.5, 0.6) is 0 Å². The van der Waals surface area contributed by atoms with Crippen LogP contribution in [0, 0.1) is 11.8 Å². The minimum Gasteiger partial charge on any atom is -0.389 e. The van der Waals surface area contributed by atoms with E-state index < -0.39 is 0 Å². The smallest absolute Gasteiger partial charge is 0.0776 e. The molecule has 2 nitrogen and oxygen atoms in total. The molecule has 0 saturated carbocycles. The first-order valence-electron chi connectivity index (χ1n) is 5.75. The summed E-state index contributed by atoms with van der Waals surface area (Å²) in [5.41, 5.74) is 1.18. The van der Waals surface area contributed by atoms with E-state index in [2.05, 4.69) is 13.0 Å². The van der Waals surface area contributed by atoms with Gasteiger partial charge in [-0.25, -0.2) is 0 Å². The van der Waals surface area contributed by atoms with E-state index in [0.717, 1.165) is 0 Å². The van der Waals surface area contributed by atoms with Crippen LogP contribution in [0.4, 0.5) is 0 Å². The fourth-order valence-electron chi connectivity index (χ4n) is 2.02. The van der Waals surface area contributed by atoms with Gasteiger partial charge in [0.2, 0.25) is 0 Å². The Hall–Kier alpha value is -1.12. The van der Waals surface area contributed by atoms with Crippen molar-refractivity contribution in [2.75, 3.05) is 6.61 Å². The molecule has 0 aliphatic heterocycles. The molecule has 0 aromatic heterocycles. The lowest BCUT2D eigenvalue weighted by Gasteiger charge is -2.19. The Morgan fingerprint density at radius 3 is 2.56 bits per heavy atom. The molecule has 0 amide bonds. The lowest BCUT2D eigenvalue weighted by molar-refractivity contribution is 0.0327. The normalized spacial score (nSPS) is 28.5. The zero-order valence-corrected chi connectivity index (χ0v) is 9.54. The lowest BCUT2D eigenvalue weighted by Crippen LogP contribution is -2.23. The Labute approximate surface area is 96.6 Å². The molecule has 0 radical (unpaired) electrons. The largest absolute Gasteiger partial charge is 0.389 e. The van der Waals surface area contributed by atoms with Crippen molar-refractivity contribution in [2.45, 2.75) is 19.6 Å². The number of aliphatic hydroxyl groups is 1. The predicted molar refractivity (Wildman–Crippen MR) is 63.9 cm³/mol. The van der Waals surface area contributed by atoms with Crippen molar-refractivity contribution in [3.8, 4) is 0 Å². The Morgan fingerprint density at radius 1 is 1.19 bits per heavy atom. The Morgan fingerprint density at radius 2 is 1.94 bits per heavy atom. The number of ether oxygens (including phenoxy) is 1. The van der Waals surface area contributed by atoms with Gasteiger partial charge in [-0.15, -0.1) is 0 Å². The van der Waals surface area contributed by atoms with E-state index >= 15 is 0 Å². The van der Waals surface area contributed by atoms with Gasteiger partial charge in [-0.3, -0.25) is 0 Å². The predicted octanol–water partition coefficient (Wildman–Crippen LogP) is 2.39. The minimum atomic E-state index is -0.342. The first kappa shape index (κ1) is 11.4. The van der Waals surface area contributed by atoms with Gasteiger partial charge in [0.15, 0.2) is 0 Å². The van der Waals surface area contributed by atoms with Crippen LogP contribution >= 0.6 is 0 Å². The standard InChI is InChI=1S/C14H18O2/c1-11-7-8-14(15)13(11)10-16-9-12-5-3-2-4-6-12/h2-8,11,13-15H,9-10H2,1H3/t11-,13+,14+/m0/s1. The van der Waals surface area contributed by atoms with E-state index in [9.17, 15) is 5.11 Å². The zero-order valence-electron chi connectivity index (χ0n) is 9.54. The van der Waals surface area contributed by atoms with Crippen molar-refractivity contribution in [3.63, 3.8) is 0 Å². The summed E-state index contributed by atoms with van der Waals surface area (Å²) in [7, 11) is 0. The van der Waals surface area contributed by atoms with E-state index in [-0.39, 0.29) is 12.0 Å². The summed E-state index contributed by atoms with van der Waals surface area (Å²) in [6.45, 7) is 3.35. The molecule has 0 bridgehead atoms. The van der Waals surface area contributed by atoms with Gasteiger partial charge in [0.05, 0.1) is 19.3 Å². The second-order valence-corrected chi connectivity index (χ2v) is 4.40. The molecular weight excluding hydrogens is 200 g/mol. The number of hydrogen-bond acceptors (Lipinski definition) is 2. The molecule has 86 valence electrons. The summed E-state index contributed by atoms with van der Waals surface area (Å²) in [5.74, 6) is 0.620. The highest BCUT2D eigenvalue weighted by Crippen LogP contribution is 2.25. The SMILES string of the molecule is C[C@H]1C=C[C@@H](O)[C@@H]1COCc1ccccc1. The van der Waals surface area contributed by atoms with Gasteiger partial charge in [-0.2, -0.15) is 0 Å². The van der Waals surface area contributed by atoms with Crippen molar-refractivity contribution < 1.29 is 9.84 Å². The maximum atomic E-state index is 9.69. The third-order valence-electron chi connectivity index (χ3n) is 3.15. The van der Waals surface area contributed by atoms with Crippen LogP contribution in [-0.4, -0.2) is 17.8 Å². The van der Waals surface area contributed by atoms with Crippen molar-refractivity contribution >= 4 is 0 Å². The van der Waals surface area contributed by atoms with Gasteiger partial charge >= 0.3 is 0 Å². The maximum absolute atomic E-state index is 9.69. The van der Waals surface area contributed by atoms with Crippen LogP contribution in [-0.2, 0) is 11.3 Å². The Kier molecular flexibility index (Phi) is 3.75. The molecule has 0 spiro atoms. The topological polar surface area (TPSA) is 29.5 Å². The number of aliphatic hydroxyl groups excluding tert-OH is 1. The molecule has 1 aromatic carbocycles. The molecule has 2 rings (SSSR count). The van der Waals surface area contributed by atoms with Gasteiger partial charge in [0.25, 0.3) is 0 Å². The minimum absolute atomic E-state index is 0.212. The molecule has 1 N–H and O–H groups in total. The van der Waals surface area contributed by atoms with E-state index in [1.165, 1.54) is 5.56 Å². The summed E-state index contributed by atoms with van der Waals surface area (Å²) >= 11 is 0. The van der Waals surface area contributed by atoms with Crippen LogP contribution in [0.1, 0.15) is 12.5 Å². The molecule has 0 fully saturated rings. The molecule has 0 saturated heterocycles. The van der Waals surface area contributed by atoms with Crippen LogP contribution in [0.3, 0.4) is 0 Å². The van der Waals surface area contributed by atoms with Gasteiger partial charge in [0.1, 0.15) is 0 Å². The molecule has 0 unspecified atom stereocenters. The summed E-state index contributed by atoms with van der Waals surface area (Å²) in [5, 5.41) is 9.69. The first-order valence-corrected chi connectivity index (χ1v) is 5.75. The number of benzene rings is 1. The van der Waals surface area contributed by atoms with Crippen molar-refractivity contribution in [2.24, 2.45) is 11.8 Å². The number of hydrogen-bond donors (Lipinski definition) is 1.